The molecule has 2 nitrogen and oxygen atoms in total. The molecule has 1 aliphatic heterocycles. The summed E-state index contributed by atoms with van der Waals surface area (Å²) in [6.45, 7) is 17.8. The number of likely N-dealkylation sites (tertiary alicyclic amines) is 1. The summed E-state index contributed by atoms with van der Waals surface area (Å²) in [4.78, 5) is 2.69. The minimum Gasteiger partial charge on any atom is -0.316 e. The Balaban J connectivity index is 2.48. The maximum absolute atomic E-state index is 3.53. The molecule has 3 unspecified atom stereocenters. The molecule has 0 spiro atoms. The minimum absolute atomic E-state index is 0.437. The molecule has 0 aromatic rings. The molecule has 1 rings (SSSR count). The van der Waals surface area contributed by atoms with Gasteiger partial charge >= 0.3 is 0 Å². The van der Waals surface area contributed by atoms with Gasteiger partial charge in [-0.1, -0.05) is 34.6 Å². The Bertz CT molecular complexity index is 207. The number of rotatable bonds is 6. The topological polar surface area (TPSA) is 15.3 Å². The van der Waals surface area contributed by atoms with E-state index in [0.29, 0.717) is 5.41 Å². The molecule has 1 fully saturated rings. The number of hydrogen-bond donors (Lipinski definition) is 1. The predicted molar refractivity (Wildman–Crippen MR) is 76.3 cm³/mol. The maximum Gasteiger partial charge on any atom is 0.00476 e. The molecule has 0 bridgehead atoms. The summed E-state index contributed by atoms with van der Waals surface area (Å²) in [5.74, 6) is 1.75. The van der Waals surface area contributed by atoms with Crippen LogP contribution < -0.4 is 5.32 Å². The lowest BCUT2D eigenvalue weighted by molar-refractivity contribution is 0.0869. The SMILES string of the molecule is CCNCC(C)(CC)CN1CC(C)CC(C)C1. The molecule has 0 aromatic heterocycles. The van der Waals surface area contributed by atoms with Crippen LogP contribution in [0.3, 0.4) is 0 Å². The Hall–Kier alpha value is -0.0800. The second kappa shape index (κ2) is 6.75. The minimum atomic E-state index is 0.437. The van der Waals surface area contributed by atoms with E-state index in [1.807, 2.05) is 0 Å². The maximum atomic E-state index is 3.53. The molecule has 0 radical (unpaired) electrons. The molecule has 0 saturated carbocycles. The van der Waals surface area contributed by atoms with Crippen molar-refractivity contribution in [2.75, 3.05) is 32.7 Å². The van der Waals surface area contributed by atoms with Crippen molar-refractivity contribution in [3.63, 3.8) is 0 Å². The fraction of sp³-hybridized carbons (Fsp3) is 1.00. The largest absolute Gasteiger partial charge is 0.316 e. The van der Waals surface area contributed by atoms with Crippen molar-refractivity contribution in [3.8, 4) is 0 Å². The van der Waals surface area contributed by atoms with E-state index in [2.05, 4.69) is 44.8 Å². The molecule has 1 saturated heterocycles. The fourth-order valence-corrected chi connectivity index (χ4v) is 3.18. The quantitative estimate of drug-likeness (QED) is 0.768. The number of hydrogen-bond acceptors (Lipinski definition) is 2. The van der Waals surface area contributed by atoms with Gasteiger partial charge in [-0.05, 0) is 36.6 Å². The van der Waals surface area contributed by atoms with Crippen molar-refractivity contribution in [2.45, 2.75) is 47.5 Å². The number of nitrogens with one attached hydrogen (secondary N) is 1. The third kappa shape index (κ3) is 4.97. The highest BCUT2D eigenvalue weighted by Gasteiger charge is 2.29. The summed E-state index contributed by atoms with van der Waals surface area (Å²) in [6.07, 6.45) is 2.67. The van der Waals surface area contributed by atoms with Crippen LogP contribution in [0, 0.1) is 17.3 Å². The molecule has 0 amide bonds. The monoisotopic (exact) mass is 240 g/mol. The van der Waals surface area contributed by atoms with Crippen molar-refractivity contribution in [1.29, 1.82) is 0 Å². The van der Waals surface area contributed by atoms with Crippen molar-refractivity contribution in [3.05, 3.63) is 0 Å². The van der Waals surface area contributed by atoms with E-state index in [-0.39, 0.29) is 0 Å². The zero-order chi connectivity index (χ0) is 12.9. The first kappa shape index (κ1) is 15.0. The van der Waals surface area contributed by atoms with Gasteiger partial charge in [-0.3, -0.25) is 0 Å². The van der Waals surface area contributed by atoms with Gasteiger partial charge in [0.1, 0.15) is 0 Å². The molecule has 17 heavy (non-hydrogen) atoms. The summed E-state index contributed by atoms with van der Waals surface area (Å²) in [7, 11) is 0. The van der Waals surface area contributed by atoms with Crippen LogP contribution in [0.25, 0.3) is 0 Å². The van der Waals surface area contributed by atoms with Crippen LogP contribution in [0.4, 0.5) is 0 Å². The van der Waals surface area contributed by atoms with Gasteiger partial charge in [0.25, 0.3) is 0 Å². The zero-order valence-electron chi connectivity index (χ0n) is 12.6. The van der Waals surface area contributed by atoms with Crippen LogP contribution >= 0.6 is 0 Å². The van der Waals surface area contributed by atoms with Crippen molar-refractivity contribution in [1.82, 2.24) is 10.2 Å². The average Bonchev–Trinajstić information content (AvgIpc) is 2.25. The zero-order valence-corrected chi connectivity index (χ0v) is 12.6. The van der Waals surface area contributed by atoms with Gasteiger partial charge in [-0.15, -0.1) is 0 Å². The molecule has 1 aliphatic rings. The standard InChI is InChI=1S/C15H32N2/c1-6-15(5,11-16-7-2)12-17-9-13(3)8-14(4)10-17/h13-14,16H,6-12H2,1-5H3. The van der Waals surface area contributed by atoms with Gasteiger partial charge < -0.3 is 10.2 Å². The Morgan fingerprint density at radius 2 is 1.76 bits per heavy atom. The Labute approximate surface area is 108 Å². The second-order valence-electron chi connectivity index (χ2n) is 6.58. The molecule has 2 heteroatoms. The first-order chi connectivity index (χ1) is 7.99. The third-order valence-corrected chi connectivity index (χ3v) is 4.21. The van der Waals surface area contributed by atoms with E-state index < -0.39 is 0 Å². The van der Waals surface area contributed by atoms with Crippen LogP contribution in [0.15, 0.2) is 0 Å². The molecule has 1 N–H and O–H groups in total. The first-order valence-corrected chi connectivity index (χ1v) is 7.42. The van der Waals surface area contributed by atoms with Gasteiger partial charge in [0.05, 0.1) is 0 Å². The average molecular weight is 240 g/mol. The molecule has 3 atom stereocenters. The van der Waals surface area contributed by atoms with E-state index in [4.69, 9.17) is 0 Å². The van der Waals surface area contributed by atoms with Crippen molar-refractivity contribution < 1.29 is 0 Å². The Morgan fingerprint density at radius 3 is 2.24 bits per heavy atom. The van der Waals surface area contributed by atoms with Crippen molar-refractivity contribution >= 4 is 0 Å². The summed E-state index contributed by atoms with van der Waals surface area (Å²) >= 11 is 0. The number of nitrogens with zero attached hydrogens (tertiary/aromatic N) is 1. The number of piperidine rings is 1. The lowest BCUT2D eigenvalue weighted by Gasteiger charge is -2.41. The predicted octanol–water partition coefficient (Wildman–Crippen LogP) is 2.99. The Kier molecular flexibility index (Phi) is 5.94. The van der Waals surface area contributed by atoms with E-state index >= 15 is 0 Å². The second-order valence-corrected chi connectivity index (χ2v) is 6.58. The van der Waals surface area contributed by atoms with Crippen LogP contribution in [-0.4, -0.2) is 37.6 Å². The highest BCUT2D eigenvalue weighted by molar-refractivity contribution is 4.83. The van der Waals surface area contributed by atoms with Gasteiger partial charge in [0.2, 0.25) is 0 Å². The normalized spacial score (nSPS) is 30.2. The molecule has 1 heterocycles. The van der Waals surface area contributed by atoms with Crippen LogP contribution in [0.5, 0.6) is 0 Å². The van der Waals surface area contributed by atoms with Gasteiger partial charge in [-0.2, -0.15) is 0 Å². The summed E-state index contributed by atoms with van der Waals surface area (Å²) in [5, 5.41) is 3.53. The van der Waals surface area contributed by atoms with E-state index in [0.717, 1.165) is 24.9 Å². The molecule has 102 valence electrons. The molecule has 0 aromatic carbocycles. The van der Waals surface area contributed by atoms with Gasteiger partial charge in [-0.25, -0.2) is 0 Å². The van der Waals surface area contributed by atoms with E-state index in [1.165, 1.54) is 32.5 Å². The molecular formula is C15H32N2. The van der Waals surface area contributed by atoms with E-state index in [9.17, 15) is 0 Å². The lowest BCUT2D eigenvalue weighted by Crippen LogP contribution is -2.47. The summed E-state index contributed by atoms with van der Waals surface area (Å²) < 4.78 is 0. The highest BCUT2D eigenvalue weighted by atomic mass is 15.1. The lowest BCUT2D eigenvalue weighted by atomic mass is 9.84. The van der Waals surface area contributed by atoms with Gasteiger partial charge in [0.15, 0.2) is 0 Å². The van der Waals surface area contributed by atoms with Gasteiger partial charge in [0, 0.05) is 26.2 Å². The fourth-order valence-electron chi connectivity index (χ4n) is 3.18. The van der Waals surface area contributed by atoms with Crippen LogP contribution in [0.2, 0.25) is 0 Å². The summed E-state index contributed by atoms with van der Waals surface area (Å²) in [5.41, 5.74) is 0.437. The Morgan fingerprint density at radius 1 is 1.18 bits per heavy atom. The molecule has 0 aliphatic carbocycles. The van der Waals surface area contributed by atoms with Crippen LogP contribution in [0.1, 0.15) is 47.5 Å². The van der Waals surface area contributed by atoms with Crippen molar-refractivity contribution in [2.24, 2.45) is 17.3 Å². The first-order valence-electron chi connectivity index (χ1n) is 7.42. The smallest absolute Gasteiger partial charge is 0.00476 e. The highest BCUT2D eigenvalue weighted by Crippen LogP contribution is 2.27. The van der Waals surface area contributed by atoms with Crippen LogP contribution in [-0.2, 0) is 0 Å². The molecular weight excluding hydrogens is 208 g/mol. The third-order valence-electron chi connectivity index (χ3n) is 4.21. The van der Waals surface area contributed by atoms with E-state index in [1.54, 1.807) is 0 Å². The summed E-state index contributed by atoms with van der Waals surface area (Å²) in [6, 6.07) is 0.